The molecule has 1 saturated heterocycles. The number of esters is 1. The molecule has 7 nitrogen and oxygen atoms in total. The summed E-state index contributed by atoms with van der Waals surface area (Å²) in [5.74, 6) is -2.14. The molecule has 0 saturated carbocycles. The van der Waals surface area contributed by atoms with Crippen LogP contribution in [-0.2, 0) is 19.1 Å². The Morgan fingerprint density at radius 3 is 2.06 bits per heavy atom. The lowest BCUT2D eigenvalue weighted by Crippen LogP contribution is -2.30. The minimum absolute atomic E-state index is 0.206. The van der Waals surface area contributed by atoms with Crippen LogP contribution in [0.25, 0.3) is 0 Å². The molecular weight excluding hydrogens is 408 g/mol. The fourth-order valence-electron chi connectivity index (χ4n) is 4.26. The van der Waals surface area contributed by atoms with Gasteiger partial charge in [-0.25, -0.2) is 4.79 Å². The molecule has 1 aliphatic carbocycles. The number of amides is 3. The number of anilines is 2. The van der Waals surface area contributed by atoms with E-state index >= 15 is 0 Å². The van der Waals surface area contributed by atoms with Crippen LogP contribution < -0.4 is 10.2 Å². The number of allylic oxidation sites excluding steroid dienone is 2. The van der Waals surface area contributed by atoms with Crippen molar-refractivity contribution in [2.75, 3.05) is 16.8 Å². The van der Waals surface area contributed by atoms with Gasteiger partial charge < -0.3 is 10.1 Å². The van der Waals surface area contributed by atoms with Crippen LogP contribution >= 0.6 is 0 Å². The maximum Gasteiger partial charge on any atom is 0.338 e. The third kappa shape index (κ3) is 4.32. The number of carbonyl (C=O) groups is 4. The average molecular weight is 432 g/mol. The van der Waals surface area contributed by atoms with E-state index in [1.54, 1.807) is 12.1 Å². The summed E-state index contributed by atoms with van der Waals surface area (Å²) in [6, 6.07) is 11.7. The normalized spacial score (nSPS) is 19.6. The quantitative estimate of drug-likeness (QED) is 0.443. The molecular formula is C25H24N2O5. The molecule has 3 amide bonds. The number of ether oxygens (including phenoxy) is 1. The summed E-state index contributed by atoms with van der Waals surface area (Å²) in [7, 11) is 0. The van der Waals surface area contributed by atoms with E-state index in [4.69, 9.17) is 4.74 Å². The summed E-state index contributed by atoms with van der Waals surface area (Å²) in [6.07, 6.45) is 5.01. The number of benzene rings is 2. The molecule has 2 aromatic rings. The van der Waals surface area contributed by atoms with Crippen LogP contribution in [0.2, 0.25) is 0 Å². The minimum atomic E-state index is -0.663. The van der Waals surface area contributed by atoms with Gasteiger partial charge >= 0.3 is 5.97 Å². The molecule has 0 bridgehead atoms. The fourth-order valence-corrected chi connectivity index (χ4v) is 4.26. The number of hydrogen-bond donors (Lipinski definition) is 1. The number of hydrogen-bond acceptors (Lipinski definition) is 5. The predicted molar refractivity (Wildman–Crippen MR) is 119 cm³/mol. The number of rotatable bonds is 5. The van der Waals surface area contributed by atoms with Gasteiger partial charge in [0.1, 0.15) is 0 Å². The van der Waals surface area contributed by atoms with Gasteiger partial charge in [0.15, 0.2) is 6.61 Å². The Morgan fingerprint density at radius 1 is 0.938 bits per heavy atom. The highest BCUT2D eigenvalue weighted by molar-refractivity contribution is 6.22. The molecule has 2 aliphatic rings. The Balaban J connectivity index is 1.36. The molecule has 32 heavy (non-hydrogen) atoms. The Hall–Kier alpha value is -3.74. The molecule has 4 rings (SSSR count). The third-order valence-corrected chi connectivity index (χ3v) is 5.71. The van der Waals surface area contributed by atoms with Gasteiger partial charge in [0.25, 0.3) is 5.91 Å². The Kier molecular flexibility index (Phi) is 5.90. The lowest BCUT2D eigenvalue weighted by atomic mass is 9.85. The summed E-state index contributed by atoms with van der Waals surface area (Å²) >= 11 is 0. The standard InChI is InChI=1S/C25H24N2O5/c1-15-11-16(2)13-18(12-15)26-22(28)14-32-25(31)17-7-9-19(10-8-17)27-23(29)20-5-3-4-6-21(20)24(27)30/h3-4,7-13,20-21H,5-6,14H2,1-2H3,(H,26,28)/t20-,21-/m0/s1. The zero-order valence-electron chi connectivity index (χ0n) is 18.0. The Bertz CT molecular complexity index is 1070. The number of aryl methyl sites for hydroxylation is 2. The lowest BCUT2D eigenvalue weighted by molar-refractivity contribution is -0.122. The van der Waals surface area contributed by atoms with Crippen LogP contribution in [0, 0.1) is 25.7 Å². The highest BCUT2D eigenvalue weighted by Gasteiger charge is 2.47. The molecule has 164 valence electrons. The maximum absolute atomic E-state index is 12.7. The number of nitrogens with one attached hydrogen (secondary N) is 1. The molecule has 0 spiro atoms. The molecule has 1 fully saturated rings. The molecule has 7 heteroatoms. The topological polar surface area (TPSA) is 92.8 Å². The molecule has 1 N–H and O–H groups in total. The summed E-state index contributed by atoms with van der Waals surface area (Å²) in [5.41, 5.74) is 3.33. The van der Waals surface area contributed by atoms with Crippen LogP contribution in [0.1, 0.15) is 34.3 Å². The van der Waals surface area contributed by atoms with Crippen molar-refractivity contribution in [2.45, 2.75) is 26.7 Å². The first-order valence-corrected chi connectivity index (χ1v) is 10.5. The van der Waals surface area contributed by atoms with Gasteiger partial charge in [-0.05, 0) is 74.2 Å². The lowest BCUT2D eigenvalue weighted by Gasteiger charge is -2.15. The minimum Gasteiger partial charge on any atom is -0.452 e. The van der Waals surface area contributed by atoms with Crippen molar-refractivity contribution in [2.24, 2.45) is 11.8 Å². The largest absolute Gasteiger partial charge is 0.452 e. The first-order chi connectivity index (χ1) is 15.3. The van der Waals surface area contributed by atoms with Crippen molar-refractivity contribution < 1.29 is 23.9 Å². The fraction of sp³-hybridized carbons (Fsp3) is 0.280. The van der Waals surface area contributed by atoms with Gasteiger partial charge in [0.05, 0.1) is 23.1 Å². The van der Waals surface area contributed by atoms with E-state index in [0.29, 0.717) is 24.2 Å². The van der Waals surface area contributed by atoms with E-state index in [0.717, 1.165) is 11.1 Å². The van der Waals surface area contributed by atoms with Crippen molar-refractivity contribution in [3.05, 3.63) is 71.3 Å². The van der Waals surface area contributed by atoms with Crippen molar-refractivity contribution in [3.63, 3.8) is 0 Å². The summed E-state index contributed by atoms with van der Waals surface area (Å²) in [6.45, 7) is 3.44. The maximum atomic E-state index is 12.7. The van der Waals surface area contributed by atoms with Crippen LogP contribution in [0.3, 0.4) is 0 Å². The summed E-state index contributed by atoms with van der Waals surface area (Å²) in [5, 5.41) is 2.71. The number of imide groups is 1. The van der Waals surface area contributed by atoms with Crippen LogP contribution in [0.5, 0.6) is 0 Å². The number of nitrogens with zero attached hydrogens (tertiary/aromatic N) is 1. The average Bonchev–Trinajstić information content (AvgIpc) is 3.02. The van der Waals surface area contributed by atoms with E-state index in [1.807, 2.05) is 44.2 Å². The summed E-state index contributed by atoms with van der Waals surface area (Å²) < 4.78 is 5.10. The number of fused-ring (bicyclic) bond motifs is 1. The zero-order valence-corrected chi connectivity index (χ0v) is 18.0. The van der Waals surface area contributed by atoms with Crippen molar-refractivity contribution >= 4 is 35.1 Å². The van der Waals surface area contributed by atoms with Crippen LogP contribution in [0.4, 0.5) is 11.4 Å². The molecule has 2 atom stereocenters. The van der Waals surface area contributed by atoms with E-state index in [1.165, 1.54) is 17.0 Å². The van der Waals surface area contributed by atoms with Crippen LogP contribution in [-0.4, -0.2) is 30.3 Å². The second-order valence-electron chi connectivity index (χ2n) is 8.22. The first kappa shape index (κ1) is 21.5. The monoisotopic (exact) mass is 432 g/mol. The van der Waals surface area contributed by atoms with Gasteiger partial charge in [0.2, 0.25) is 11.8 Å². The van der Waals surface area contributed by atoms with Gasteiger partial charge in [-0.15, -0.1) is 0 Å². The molecule has 0 unspecified atom stereocenters. The van der Waals surface area contributed by atoms with Gasteiger partial charge in [0, 0.05) is 5.69 Å². The Labute approximate surface area is 186 Å². The predicted octanol–water partition coefficient (Wildman–Crippen LogP) is 3.55. The van der Waals surface area contributed by atoms with Gasteiger partial charge in [-0.3, -0.25) is 19.3 Å². The third-order valence-electron chi connectivity index (χ3n) is 5.71. The second kappa shape index (κ2) is 8.78. The van der Waals surface area contributed by atoms with E-state index < -0.39 is 18.5 Å². The first-order valence-electron chi connectivity index (χ1n) is 10.5. The molecule has 1 heterocycles. The van der Waals surface area contributed by atoms with Crippen molar-refractivity contribution in [1.82, 2.24) is 0 Å². The molecule has 0 aromatic heterocycles. The molecule has 2 aromatic carbocycles. The smallest absolute Gasteiger partial charge is 0.338 e. The SMILES string of the molecule is Cc1cc(C)cc(NC(=O)COC(=O)c2ccc(N3C(=O)[C@H]4CC=CC[C@@H]4C3=O)cc2)c1. The Morgan fingerprint density at radius 2 is 1.50 bits per heavy atom. The highest BCUT2D eigenvalue weighted by atomic mass is 16.5. The van der Waals surface area contributed by atoms with Crippen molar-refractivity contribution in [3.8, 4) is 0 Å². The van der Waals surface area contributed by atoms with Crippen molar-refractivity contribution in [1.29, 1.82) is 0 Å². The number of carbonyl (C=O) groups excluding carboxylic acids is 4. The van der Waals surface area contributed by atoms with Gasteiger partial charge in [-0.2, -0.15) is 0 Å². The highest BCUT2D eigenvalue weighted by Crippen LogP contribution is 2.37. The van der Waals surface area contributed by atoms with Crippen LogP contribution in [0.15, 0.2) is 54.6 Å². The summed E-state index contributed by atoms with van der Waals surface area (Å²) in [4.78, 5) is 51.0. The van der Waals surface area contributed by atoms with E-state index in [9.17, 15) is 19.2 Å². The zero-order chi connectivity index (χ0) is 22.8. The van der Waals surface area contributed by atoms with E-state index in [-0.39, 0.29) is 29.2 Å². The second-order valence-corrected chi connectivity index (χ2v) is 8.22. The van der Waals surface area contributed by atoms with E-state index in [2.05, 4.69) is 5.32 Å². The molecule has 0 radical (unpaired) electrons. The molecule has 1 aliphatic heterocycles. The van der Waals surface area contributed by atoms with Gasteiger partial charge in [-0.1, -0.05) is 18.2 Å².